The van der Waals surface area contributed by atoms with Crippen LogP contribution >= 0.6 is 23.2 Å². The molecule has 1 rings (SSSR count). The minimum atomic E-state index is -0.717. The Morgan fingerprint density at radius 1 is 1.16 bits per heavy atom. The summed E-state index contributed by atoms with van der Waals surface area (Å²) in [5, 5.41) is 13.2. The third-order valence-corrected chi connectivity index (χ3v) is 3.42. The lowest BCUT2D eigenvalue weighted by molar-refractivity contribution is -0.137. The Balaban J connectivity index is 2.06. The molecule has 2 N–H and O–H groups in total. The highest BCUT2D eigenvalue weighted by Gasteiger charge is 2.01. The first kappa shape index (κ1) is 16.3. The standard InChI is InChI=1S/C14H19Cl2NO2/c15-12-6-5-11(13(16)10-12)7-9-17-8-3-1-2-4-14(18)19/h5-6,10,17H,1-4,7-9H2,(H,18,19). The minimum Gasteiger partial charge on any atom is -0.481 e. The molecular formula is C14H19Cl2NO2. The van der Waals surface area contributed by atoms with Crippen LogP contribution in [-0.2, 0) is 11.2 Å². The molecule has 1 aromatic rings. The SMILES string of the molecule is O=C(O)CCCCCNCCc1ccc(Cl)cc1Cl. The molecule has 0 saturated heterocycles. The van der Waals surface area contributed by atoms with Crippen LogP contribution in [0.2, 0.25) is 10.0 Å². The van der Waals surface area contributed by atoms with Gasteiger partial charge in [-0.3, -0.25) is 4.79 Å². The van der Waals surface area contributed by atoms with Crippen LogP contribution in [0.4, 0.5) is 0 Å². The molecule has 0 radical (unpaired) electrons. The summed E-state index contributed by atoms with van der Waals surface area (Å²) >= 11 is 11.9. The fraction of sp³-hybridized carbons (Fsp3) is 0.500. The van der Waals surface area contributed by atoms with E-state index in [0.717, 1.165) is 44.3 Å². The number of carboxylic acid groups (broad SMARTS) is 1. The highest BCUT2D eigenvalue weighted by Crippen LogP contribution is 2.20. The quantitative estimate of drug-likeness (QED) is 0.683. The predicted molar refractivity (Wildman–Crippen MR) is 79.1 cm³/mol. The van der Waals surface area contributed by atoms with E-state index in [2.05, 4.69) is 5.32 Å². The van der Waals surface area contributed by atoms with E-state index < -0.39 is 5.97 Å². The Kier molecular flexibility index (Phi) is 7.87. The lowest BCUT2D eigenvalue weighted by Crippen LogP contribution is -2.18. The number of aliphatic carboxylic acids is 1. The molecule has 0 heterocycles. The maximum atomic E-state index is 10.3. The van der Waals surface area contributed by atoms with Gasteiger partial charge in [-0.05, 0) is 50.0 Å². The van der Waals surface area contributed by atoms with Crippen molar-refractivity contribution in [3.8, 4) is 0 Å². The average Bonchev–Trinajstić information content (AvgIpc) is 2.34. The van der Waals surface area contributed by atoms with Gasteiger partial charge in [-0.1, -0.05) is 35.7 Å². The van der Waals surface area contributed by atoms with Gasteiger partial charge in [0.1, 0.15) is 0 Å². The van der Waals surface area contributed by atoms with Crippen LogP contribution in [0.25, 0.3) is 0 Å². The molecular weight excluding hydrogens is 285 g/mol. The first-order valence-corrected chi connectivity index (χ1v) is 7.21. The average molecular weight is 304 g/mol. The summed E-state index contributed by atoms with van der Waals surface area (Å²) in [6.45, 7) is 1.77. The van der Waals surface area contributed by atoms with E-state index in [-0.39, 0.29) is 6.42 Å². The van der Waals surface area contributed by atoms with Crippen LogP contribution in [0.15, 0.2) is 18.2 Å². The number of halogens is 2. The predicted octanol–water partition coefficient (Wildman–Crippen LogP) is 3.77. The zero-order valence-corrected chi connectivity index (χ0v) is 12.3. The number of carboxylic acids is 1. The van der Waals surface area contributed by atoms with Gasteiger partial charge in [0.15, 0.2) is 0 Å². The Labute approximate surface area is 123 Å². The summed E-state index contributed by atoms with van der Waals surface area (Å²) in [5.74, 6) is -0.717. The molecule has 0 aliphatic rings. The van der Waals surface area contributed by atoms with E-state index in [1.807, 2.05) is 12.1 Å². The second-order valence-electron chi connectivity index (χ2n) is 4.44. The number of hydrogen-bond donors (Lipinski definition) is 2. The molecule has 0 saturated carbocycles. The molecule has 3 nitrogen and oxygen atoms in total. The van der Waals surface area contributed by atoms with Crippen LogP contribution in [0, 0.1) is 0 Å². The number of benzene rings is 1. The zero-order valence-electron chi connectivity index (χ0n) is 10.8. The summed E-state index contributed by atoms with van der Waals surface area (Å²) in [5.41, 5.74) is 1.09. The van der Waals surface area contributed by atoms with E-state index in [1.165, 1.54) is 0 Å². The largest absolute Gasteiger partial charge is 0.481 e. The Morgan fingerprint density at radius 3 is 2.63 bits per heavy atom. The first-order chi connectivity index (χ1) is 9.09. The summed E-state index contributed by atoms with van der Waals surface area (Å²) in [6.07, 6.45) is 3.83. The van der Waals surface area contributed by atoms with Gasteiger partial charge in [0.2, 0.25) is 0 Å². The molecule has 0 aliphatic carbocycles. The Hall–Kier alpha value is -0.770. The van der Waals surface area contributed by atoms with Crippen LogP contribution in [0.1, 0.15) is 31.2 Å². The van der Waals surface area contributed by atoms with Crippen LogP contribution < -0.4 is 5.32 Å². The maximum absolute atomic E-state index is 10.3. The number of rotatable bonds is 9. The molecule has 0 spiro atoms. The van der Waals surface area contributed by atoms with Gasteiger partial charge in [0.25, 0.3) is 0 Å². The minimum absolute atomic E-state index is 0.264. The number of carbonyl (C=O) groups is 1. The molecule has 0 aliphatic heterocycles. The lowest BCUT2D eigenvalue weighted by atomic mass is 10.1. The molecule has 0 aromatic heterocycles. The second kappa shape index (κ2) is 9.18. The van der Waals surface area contributed by atoms with Crippen molar-refractivity contribution >= 4 is 29.2 Å². The van der Waals surface area contributed by atoms with Gasteiger partial charge in [-0.15, -0.1) is 0 Å². The van der Waals surface area contributed by atoms with Crippen LogP contribution in [-0.4, -0.2) is 24.2 Å². The molecule has 1 aromatic carbocycles. The van der Waals surface area contributed by atoms with E-state index >= 15 is 0 Å². The van der Waals surface area contributed by atoms with Crippen molar-refractivity contribution in [3.63, 3.8) is 0 Å². The van der Waals surface area contributed by atoms with Crippen molar-refractivity contribution in [3.05, 3.63) is 33.8 Å². The number of nitrogens with one attached hydrogen (secondary N) is 1. The first-order valence-electron chi connectivity index (χ1n) is 6.46. The molecule has 106 valence electrons. The fourth-order valence-corrected chi connectivity index (χ4v) is 2.28. The number of unbranched alkanes of at least 4 members (excludes halogenated alkanes) is 2. The molecule has 19 heavy (non-hydrogen) atoms. The van der Waals surface area contributed by atoms with E-state index in [4.69, 9.17) is 28.3 Å². The summed E-state index contributed by atoms with van der Waals surface area (Å²) in [7, 11) is 0. The molecule has 0 amide bonds. The van der Waals surface area contributed by atoms with E-state index in [1.54, 1.807) is 6.07 Å². The van der Waals surface area contributed by atoms with Crippen molar-refractivity contribution in [1.82, 2.24) is 5.32 Å². The Morgan fingerprint density at radius 2 is 1.95 bits per heavy atom. The highest BCUT2D eigenvalue weighted by molar-refractivity contribution is 6.35. The van der Waals surface area contributed by atoms with E-state index in [0.29, 0.717) is 10.0 Å². The van der Waals surface area contributed by atoms with Crippen molar-refractivity contribution < 1.29 is 9.90 Å². The van der Waals surface area contributed by atoms with Gasteiger partial charge in [-0.2, -0.15) is 0 Å². The van der Waals surface area contributed by atoms with Gasteiger partial charge in [0, 0.05) is 16.5 Å². The number of hydrogen-bond acceptors (Lipinski definition) is 2. The third-order valence-electron chi connectivity index (χ3n) is 2.83. The summed E-state index contributed by atoms with van der Waals surface area (Å²) in [6, 6.07) is 5.54. The topological polar surface area (TPSA) is 49.3 Å². The maximum Gasteiger partial charge on any atom is 0.303 e. The third kappa shape index (κ3) is 7.41. The van der Waals surface area contributed by atoms with Crippen molar-refractivity contribution in [2.75, 3.05) is 13.1 Å². The zero-order chi connectivity index (χ0) is 14.1. The lowest BCUT2D eigenvalue weighted by Gasteiger charge is -2.06. The van der Waals surface area contributed by atoms with Gasteiger partial charge in [-0.25, -0.2) is 0 Å². The smallest absolute Gasteiger partial charge is 0.303 e. The van der Waals surface area contributed by atoms with Gasteiger partial charge < -0.3 is 10.4 Å². The molecule has 0 fully saturated rings. The Bertz CT molecular complexity index is 410. The van der Waals surface area contributed by atoms with Gasteiger partial charge in [0.05, 0.1) is 0 Å². The summed E-state index contributed by atoms with van der Waals surface area (Å²) in [4.78, 5) is 10.3. The molecule has 5 heteroatoms. The van der Waals surface area contributed by atoms with Crippen molar-refractivity contribution in [1.29, 1.82) is 0 Å². The normalized spacial score (nSPS) is 10.6. The highest BCUT2D eigenvalue weighted by atomic mass is 35.5. The molecule has 0 bridgehead atoms. The fourth-order valence-electron chi connectivity index (χ4n) is 1.78. The van der Waals surface area contributed by atoms with Crippen LogP contribution in [0.3, 0.4) is 0 Å². The molecule has 0 unspecified atom stereocenters. The van der Waals surface area contributed by atoms with Crippen molar-refractivity contribution in [2.45, 2.75) is 32.1 Å². The van der Waals surface area contributed by atoms with Gasteiger partial charge >= 0.3 is 5.97 Å². The monoisotopic (exact) mass is 303 g/mol. The molecule has 0 atom stereocenters. The second-order valence-corrected chi connectivity index (χ2v) is 5.28. The summed E-state index contributed by atoms with van der Waals surface area (Å²) < 4.78 is 0. The van der Waals surface area contributed by atoms with E-state index in [9.17, 15) is 4.79 Å². The van der Waals surface area contributed by atoms with Crippen molar-refractivity contribution in [2.24, 2.45) is 0 Å². The van der Waals surface area contributed by atoms with Crippen LogP contribution in [0.5, 0.6) is 0 Å².